The Labute approximate surface area is 301 Å². The molecule has 0 radical (unpaired) electrons. The Hall–Kier alpha value is -3.85. The van der Waals surface area contributed by atoms with Crippen molar-refractivity contribution in [1.29, 1.82) is 0 Å². The van der Waals surface area contributed by atoms with Gasteiger partial charge in [-0.05, 0) is 86.6 Å². The number of phenolic OH excluding ortho intramolecular Hbond substituents is 1. The minimum Gasteiger partial charge on any atom is -0.508 e. The molecule has 3 aliphatic rings. The van der Waals surface area contributed by atoms with Gasteiger partial charge in [0.15, 0.2) is 0 Å². The molecule has 0 bridgehead atoms. The normalized spacial score (nSPS) is 20.8. The summed E-state index contributed by atoms with van der Waals surface area (Å²) in [6.07, 6.45) is 6.85. The van der Waals surface area contributed by atoms with E-state index in [1.165, 1.54) is 6.07 Å². The number of halogens is 2. The largest absolute Gasteiger partial charge is 0.508 e. The maximum atomic E-state index is 16.0. The number of ether oxygens (including phenoxy) is 2. The van der Waals surface area contributed by atoms with Crippen molar-refractivity contribution in [3.63, 3.8) is 0 Å². The first-order valence-corrected chi connectivity index (χ1v) is 19.0. The first kappa shape index (κ1) is 36.9. The second-order valence-electron chi connectivity index (χ2n) is 15.1. The van der Waals surface area contributed by atoms with E-state index in [0.29, 0.717) is 43.9 Å². The summed E-state index contributed by atoms with van der Waals surface area (Å²) in [6, 6.07) is 6.81. The number of hydrogen-bond acceptors (Lipinski definition) is 7. The molecule has 1 N–H and O–H groups in total. The van der Waals surface area contributed by atoms with Gasteiger partial charge in [-0.15, -0.1) is 0 Å². The van der Waals surface area contributed by atoms with Gasteiger partial charge in [-0.2, -0.15) is 9.97 Å². The number of aliphatic imine (C=N–C) groups is 1. The number of nitrogens with zero attached hydrogens (tertiary/aromatic N) is 4. The third-order valence-corrected chi connectivity index (χ3v) is 10.7. The van der Waals surface area contributed by atoms with Gasteiger partial charge < -0.3 is 19.5 Å². The number of unbranched alkanes of at least 4 members (excludes halogenated alkanes) is 2. The molecule has 1 saturated heterocycles. The molecule has 0 spiro atoms. The number of hydrogen-bond donors (Lipinski definition) is 1. The fourth-order valence-corrected chi connectivity index (χ4v) is 8.16. The van der Waals surface area contributed by atoms with Crippen molar-refractivity contribution in [1.82, 2.24) is 9.97 Å². The molecule has 1 aliphatic heterocycles. The number of rotatable bonds is 12. The minimum atomic E-state index is -0.918. The van der Waals surface area contributed by atoms with E-state index in [9.17, 15) is 9.50 Å². The van der Waals surface area contributed by atoms with Crippen molar-refractivity contribution < 1.29 is 23.4 Å². The summed E-state index contributed by atoms with van der Waals surface area (Å²) >= 11 is 0. The monoisotopic (exact) mass is 700 g/mol. The molecule has 6 rings (SSSR count). The number of aromatic hydroxyl groups is 1. The lowest BCUT2D eigenvalue weighted by Crippen LogP contribution is -2.32. The van der Waals surface area contributed by atoms with Crippen molar-refractivity contribution in [2.24, 2.45) is 10.4 Å². The first-order valence-electron chi connectivity index (χ1n) is 19.0. The highest BCUT2D eigenvalue weighted by molar-refractivity contribution is 6.52. The molecule has 1 aromatic heterocycles. The molecule has 2 aromatic carbocycles. The average molecular weight is 701 g/mol. The lowest BCUT2D eigenvalue weighted by Gasteiger charge is -2.37. The van der Waals surface area contributed by atoms with Crippen molar-refractivity contribution in [3.8, 4) is 11.8 Å². The van der Waals surface area contributed by atoms with Crippen molar-refractivity contribution >= 4 is 39.0 Å². The van der Waals surface area contributed by atoms with E-state index in [1.54, 1.807) is 18.2 Å². The molecule has 1 fully saturated rings. The fourth-order valence-electron chi connectivity index (χ4n) is 8.16. The van der Waals surface area contributed by atoms with Gasteiger partial charge in [0, 0.05) is 53.8 Å². The molecule has 3 aromatic rings. The smallest absolute Gasteiger partial charge is 0.318 e. The first-order chi connectivity index (χ1) is 24.5. The highest BCUT2D eigenvalue weighted by atomic mass is 19.1. The van der Waals surface area contributed by atoms with E-state index in [-0.39, 0.29) is 30.2 Å². The third kappa shape index (κ3) is 7.28. The van der Waals surface area contributed by atoms with Crippen LogP contribution in [0.1, 0.15) is 122 Å². The standard InChI is InChI=1S/C42H54F2N4O3/c1-8-11-12-16-42(7,23-28(43)9-2)24-51-41-46-39-34-26(6)33-32(44)15-14-27-21-29(49)22-31(35(27)33)36(34)38(45-25(4)5)30(10-3)37(39)40(47-41)48-17-13-19-50-20-18-48/h10,14-15,21-22,25-26,28,49H,8-9,11-13,16-20,23-24H2,1-7H3/b30-10-,45-38?. The molecular weight excluding hydrogens is 646 g/mol. The van der Waals surface area contributed by atoms with E-state index < -0.39 is 17.5 Å². The Morgan fingerprint density at radius 3 is 2.69 bits per heavy atom. The Morgan fingerprint density at radius 1 is 1.16 bits per heavy atom. The molecule has 51 heavy (non-hydrogen) atoms. The molecule has 2 heterocycles. The number of fused-ring (bicyclic) bond motifs is 3. The summed E-state index contributed by atoms with van der Waals surface area (Å²) in [5.74, 6) is 0.137. The number of aromatic nitrogens is 2. The van der Waals surface area contributed by atoms with Gasteiger partial charge in [-0.25, -0.2) is 8.78 Å². The van der Waals surface area contributed by atoms with Gasteiger partial charge >= 0.3 is 6.01 Å². The summed E-state index contributed by atoms with van der Waals surface area (Å²) in [7, 11) is 0. The molecule has 3 unspecified atom stereocenters. The number of anilines is 1. The predicted octanol–water partition coefficient (Wildman–Crippen LogP) is 10.1. The van der Waals surface area contributed by atoms with Crippen LogP contribution in [-0.4, -0.2) is 65.9 Å². The molecule has 0 saturated carbocycles. The highest BCUT2D eigenvalue weighted by Crippen LogP contribution is 2.55. The van der Waals surface area contributed by atoms with E-state index >= 15 is 4.39 Å². The molecule has 2 aliphatic carbocycles. The van der Waals surface area contributed by atoms with Gasteiger partial charge in [0.25, 0.3) is 0 Å². The topological polar surface area (TPSA) is 80.1 Å². The van der Waals surface area contributed by atoms with Crippen LogP contribution in [0.5, 0.6) is 11.8 Å². The number of allylic oxidation sites excluding steroid dienone is 4. The summed E-state index contributed by atoms with van der Waals surface area (Å²) in [4.78, 5) is 17.8. The molecule has 9 heteroatoms. The SMILES string of the molecule is C/C=C1\C(=NC(C)C)C2=C(c3nc(OCC(C)(CCCCC)CC(F)CC)nc(N4CCCOCC4)c31)C(C)c1c(F)ccc3cc(O)cc2c13. The van der Waals surface area contributed by atoms with Crippen LogP contribution in [0.25, 0.3) is 27.5 Å². The summed E-state index contributed by atoms with van der Waals surface area (Å²) < 4.78 is 43.5. The number of benzene rings is 2. The van der Waals surface area contributed by atoms with Crippen LogP contribution in [0.2, 0.25) is 0 Å². The zero-order valence-corrected chi connectivity index (χ0v) is 31.4. The lowest BCUT2D eigenvalue weighted by atomic mass is 9.69. The Balaban J connectivity index is 1.61. The maximum Gasteiger partial charge on any atom is 0.318 e. The highest BCUT2D eigenvalue weighted by Gasteiger charge is 2.41. The number of alkyl halides is 1. The van der Waals surface area contributed by atoms with Gasteiger partial charge in [-0.1, -0.05) is 59.1 Å². The van der Waals surface area contributed by atoms with Crippen molar-refractivity contribution in [2.45, 2.75) is 112 Å². The van der Waals surface area contributed by atoms with E-state index in [2.05, 4.69) is 24.8 Å². The van der Waals surface area contributed by atoms with Gasteiger partial charge in [0.1, 0.15) is 23.6 Å². The van der Waals surface area contributed by atoms with Gasteiger partial charge in [-0.3, -0.25) is 4.99 Å². The van der Waals surface area contributed by atoms with Crippen LogP contribution < -0.4 is 9.64 Å². The molecule has 274 valence electrons. The van der Waals surface area contributed by atoms with Gasteiger partial charge in [0.05, 0.1) is 30.2 Å². The summed E-state index contributed by atoms with van der Waals surface area (Å²) in [5, 5.41) is 12.6. The quantitative estimate of drug-likeness (QED) is 0.190. The van der Waals surface area contributed by atoms with Crippen molar-refractivity contribution in [3.05, 3.63) is 58.5 Å². The zero-order valence-electron chi connectivity index (χ0n) is 31.4. The number of phenols is 1. The Kier molecular flexibility index (Phi) is 11.2. The van der Waals surface area contributed by atoms with Crippen LogP contribution >= 0.6 is 0 Å². The predicted molar refractivity (Wildman–Crippen MR) is 204 cm³/mol. The average Bonchev–Trinajstić information content (AvgIpc) is 3.39. The molecular formula is C42H54F2N4O3. The fraction of sp³-hybridized carbons (Fsp3) is 0.548. The van der Waals surface area contributed by atoms with Crippen LogP contribution in [0.4, 0.5) is 14.6 Å². The summed E-state index contributed by atoms with van der Waals surface area (Å²) in [6.45, 7) is 17.2. The Bertz CT molecular complexity index is 1860. The molecule has 0 amide bonds. The van der Waals surface area contributed by atoms with Crippen molar-refractivity contribution in [2.75, 3.05) is 37.8 Å². The Morgan fingerprint density at radius 2 is 1.96 bits per heavy atom. The van der Waals surface area contributed by atoms with E-state index in [0.717, 1.165) is 88.8 Å². The lowest BCUT2D eigenvalue weighted by molar-refractivity contribution is 0.0945. The maximum absolute atomic E-state index is 16.0. The second-order valence-corrected chi connectivity index (χ2v) is 15.1. The van der Waals surface area contributed by atoms with Crippen LogP contribution in [0.3, 0.4) is 0 Å². The van der Waals surface area contributed by atoms with Crippen LogP contribution in [0, 0.1) is 11.2 Å². The van der Waals surface area contributed by atoms with E-state index in [1.807, 2.05) is 34.6 Å². The molecule has 7 nitrogen and oxygen atoms in total. The second kappa shape index (κ2) is 15.4. The third-order valence-electron chi connectivity index (χ3n) is 10.7. The van der Waals surface area contributed by atoms with Crippen LogP contribution in [0.15, 0.2) is 35.3 Å². The van der Waals surface area contributed by atoms with E-state index in [4.69, 9.17) is 24.4 Å². The zero-order chi connectivity index (χ0) is 36.4. The van der Waals surface area contributed by atoms with Gasteiger partial charge in [0.2, 0.25) is 0 Å². The minimum absolute atomic E-state index is 0.0475. The van der Waals surface area contributed by atoms with Crippen LogP contribution in [-0.2, 0) is 4.74 Å². The molecule has 3 atom stereocenters. The summed E-state index contributed by atoms with van der Waals surface area (Å²) in [5.41, 5.74) is 5.78.